The van der Waals surface area contributed by atoms with Gasteiger partial charge in [0.25, 0.3) is 0 Å². The Morgan fingerprint density at radius 3 is 2.76 bits per heavy atom. The molecular formula is C14H14OS2. The number of rotatable bonds is 3. The maximum atomic E-state index is 11.7. The maximum Gasteiger partial charge on any atom is 0.158 e. The molecule has 1 unspecified atom stereocenters. The molecule has 1 nitrogen and oxygen atoms in total. The summed E-state index contributed by atoms with van der Waals surface area (Å²) in [6, 6.07) is 8.42. The van der Waals surface area contributed by atoms with Gasteiger partial charge in [-0.2, -0.15) is 0 Å². The third-order valence-electron chi connectivity index (χ3n) is 2.57. The lowest BCUT2D eigenvalue weighted by atomic mass is 10.1. The first-order chi connectivity index (χ1) is 8.19. The molecule has 1 aliphatic heterocycles. The predicted octanol–water partition coefficient (Wildman–Crippen LogP) is 4.46. The fourth-order valence-electron chi connectivity index (χ4n) is 1.70. The number of carbonyl (C=O) groups excluding carboxylic acids is 1. The Labute approximate surface area is 110 Å². The monoisotopic (exact) mass is 262 g/mol. The summed E-state index contributed by atoms with van der Waals surface area (Å²) < 4.78 is 1.04. The average Bonchev–Trinajstić information content (AvgIpc) is 2.29. The predicted molar refractivity (Wildman–Crippen MR) is 77.0 cm³/mol. The van der Waals surface area contributed by atoms with Crippen LogP contribution in [0.4, 0.5) is 0 Å². The van der Waals surface area contributed by atoms with Crippen LogP contribution in [0.15, 0.2) is 46.6 Å². The highest BCUT2D eigenvalue weighted by molar-refractivity contribution is 8.23. The minimum absolute atomic E-state index is 0.207. The molecule has 1 aromatic carbocycles. The molecular weight excluding hydrogens is 248 g/mol. The molecule has 0 saturated heterocycles. The van der Waals surface area contributed by atoms with Crippen molar-refractivity contribution in [3.05, 3.63) is 57.7 Å². The van der Waals surface area contributed by atoms with Crippen LogP contribution in [0, 0.1) is 6.92 Å². The molecule has 2 rings (SSSR count). The van der Waals surface area contributed by atoms with Crippen molar-refractivity contribution in [2.75, 3.05) is 0 Å². The van der Waals surface area contributed by atoms with Gasteiger partial charge in [-0.15, -0.1) is 11.8 Å². The Morgan fingerprint density at radius 1 is 1.41 bits per heavy atom. The number of hydrogen-bond acceptors (Lipinski definition) is 3. The smallest absolute Gasteiger partial charge is 0.158 e. The summed E-state index contributed by atoms with van der Waals surface area (Å²) in [6.45, 7) is 5.76. The summed E-state index contributed by atoms with van der Waals surface area (Å²) in [5, 5.41) is 2.01. The zero-order chi connectivity index (χ0) is 12.3. The van der Waals surface area contributed by atoms with Gasteiger partial charge in [-0.05, 0) is 17.9 Å². The number of ketones is 1. The minimum Gasteiger partial charge on any atom is -0.295 e. The van der Waals surface area contributed by atoms with Crippen molar-refractivity contribution in [2.45, 2.75) is 18.6 Å². The zero-order valence-corrected chi connectivity index (χ0v) is 11.3. The van der Waals surface area contributed by atoms with Crippen molar-refractivity contribution in [1.82, 2.24) is 0 Å². The Hall–Kier alpha value is -0.930. The zero-order valence-electron chi connectivity index (χ0n) is 9.68. The van der Waals surface area contributed by atoms with Crippen LogP contribution in [-0.2, 0) is 4.79 Å². The minimum atomic E-state index is 0.207. The van der Waals surface area contributed by atoms with Gasteiger partial charge in [-0.3, -0.25) is 4.79 Å². The van der Waals surface area contributed by atoms with E-state index in [4.69, 9.17) is 0 Å². The summed E-state index contributed by atoms with van der Waals surface area (Å²) >= 11 is 3.28. The van der Waals surface area contributed by atoms with Gasteiger partial charge in [0.15, 0.2) is 5.78 Å². The van der Waals surface area contributed by atoms with Crippen molar-refractivity contribution >= 4 is 29.3 Å². The molecule has 17 heavy (non-hydrogen) atoms. The van der Waals surface area contributed by atoms with Crippen LogP contribution in [0.3, 0.4) is 0 Å². The second kappa shape index (κ2) is 5.61. The quantitative estimate of drug-likeness (QED) is 0.800. The van der Waals surface area contributed by atoms with E-state index in [2.05, 4.69) is 37.8 Å². The molecule has 1 aliphatic rings. The van der Waals surface area contributed by atoms with Crippen molar-refractivity contribution in [3.8, 4) is 0 Å². The summed E-state index contributed by atoms with van der Waals surface area (Å²) in [4.78, 5) is 11.7. The van der Waals surface area contributed by atoms with Gasteiger partial charge in [0.05, 0.1) is 0 Å². The first-order valence-electron chi connectivity index (χ1n) is 5.44. The van der Waals surface area contributed by atoms with E-state index in [-0.39, 0.29) is 11.0 Å². The SMILES string of the molecule is C=CSC1=CC(=O)CC(c2ccc(C)cc2)S1. The Morgan fingerprint density at radius 2 is 2.12 bits per heavy atom. The number of benzene rings is 1. The first kappa shape index (κ1) is 12.5. The number of aryl methyl sites for hydroxylation is 1. The van der Waals surface area contributed by atoms with Crippen LogP contribution >= 0.6 is 23.5 Å². The van der Waals surface area contributed by atoms with Crippen LogP contribution in [0.2, 0.25) is 0 Å². The van der Waals surface area contributed by atoms with E-state index in [0.29, 0.717) is 6.42 Å². The summed E-state index contributed by atoms with van der Waals surface area (Å²) in [5.41, 5.74) is 2.47. The van der Waals surface area contributed by atoms with Gasteiger partial charge in [0, 0.05) is 22.0 Å². The Kier molecular flexibility index (Phi) is 4.13. The second-order valence-electron chi connectivity index (χ2n) is 3.94. The lowest BCUT2D eigenvalue weighted by Gasteiger charge is -2.20. The largest absolute Gasteiger partial charge is 0.295 e. The molecule has 3 heteroatoms. The van der Waals surface area contributed by atoms with E-state index in [1.807, 2.05) is 0 Å². The van der Waals surface area contributed by atoms with E-state index >= 15 is 0 Å². The highest BCUT2D eigenvalue weighted by Crippen LogP contribution is 2.45. The number of thioether (sulfide) groups is 2. The van der Waals surface area contributed by atoms with Crippen LogP contribution in [-0.4, -0.2) is 5.78 Å². The fraction of sp³-hybridized carbons (Fsp3) is 0.214. The van der Waals surface area contributed by atoms with Crippen LogP contribution < -0.4 is 0 Å². The molecule has 0 aromatic heterocycles. The van der Waals surface area contributed by atoms with Crippen molar-refractivity contribution in [3.63, 3.8) is 0 Å². The lowest BCUT2D eigenvalue weighted by molar-refractivity contribution is -0.114. The second-order valence-corrected chi connectivity index (χ2v) is 6.45. The molecule has 1 heterocycles. The van der Waals surface area contributed by atoms with Crippen molar-refractivity contribution in [1.29, 1.82) is 0 Å². The number of hydrogen-bond donors (Lipinski definition) is 0. The van der Waals surface area contributed by atoms with E-state index in [1.165, 1.54) is 22.9 Å². The summed E-state index contributed by atoms with van der Waals surface area (Å²) in [5.74, 6) is 0.207. The molecule has 0 amide bonds. The molecule has 1 atom stereocenters. The van der Waals surface area contributed by atoms with Crippen LogP contribution in [0.5, 0.6) is 0 Å². The van der Waals surface area contributed by atoms with Crippen molar-refractivity contribution < 1.29 is 4.79 Å². The Bertz CT molecular complexity index is 460. The first-order valence-corrected chi connectivity index (χ1v) is 7.20. The third kappa shape index (κ3) is 3.27. The molecule has 0 saturated carbocycles. The van der Waals surface area contributed by atoms with E-state index in [1.54, 1.807) is 23.2 Å². The fourth-order valence-corrected chi connectivity index (χ4v) is 3.86. The van der Waals surface area contributed by atoms with Gasteiger partial charge in [0.1, 0.15) is 0 Å². The third-order valence-corrected chi connectivity index (χ3v) is 4.74. The Balaban J connectivity index is 2.18. The highest BCUT2D eigenvalue weighted by atomic mass is 32.2. The van der Waals surface area contributed by atoms with E-state index in [9.17, 15) is 4.79 Å². The van der Waals surface area contributed by atoms with Gasteiger partial charge in [-0.1, -0.05) is 48.2 Å². The van der Waals surface area contributed by atoms with Crippen LogP contribution in [0.25, 0.3) is 0 Å². The lowest BCUT2D eigenvalue weighted by Crippen LogP contribution is -2.07. The molecule has 0 spiro atoms. The maximum absolute atomic E-state index is 11.7. The molecule has 88 valence electrons. The molecule has 0 fully saturated rings. The standard InChI is InChI=1S/C14H14OS2/c1-3-16-14-9-12(15)8-13(17-14)11-6-4-10(2)5-7-11/h3-7,9,13H,1,8H2,2H3. The molecule has 0 bridgehead atoms. The van der Waals surface area contributed by atoms with Gasteiger partial charge >= 0.3 is 0 Å². The normalized spacial score (nSPS) is 19.9. The van der Waals surface area contributed by atoms with Crippen molar-refractivity contribution in [2.24, 2.45) is 0 Å². The molecule has 1 aromatic rings. The molecule has 0 N–H and O–H groups in total. The number of carbonyl (C=O) groups is 1. The molecule has 0 aliphatic carbocycles. The van der Waals surface area contributed by atoms with E-state index in [0.717, 1.165) is 4.24 Å². The highest BCUT2D eigenvalue weighted by Gasteiger charge is 2.22. The van der Waals surface area contributed by atoms with E-state index < -0.39 is 0 Å². The topological polar surface area (TPSA) is 17.1 Å². The van der Waals surface area contributed by atoms with Gasteiger partial charge < -0.3 is 0 Å². The van der Waals surface area contributed by atoms with Gasteiger partial charge in [-0.25, -0.2) is 0 Å². The summed E-state index contributed by atoms with van der Waals surface area (Å²) in [6.07, 6.45) is 2.32. The average molecular weight is 262 g/mol. The summed E-state index contributed by atoms with van der Waals surface area (Å²) in [7, 11) is 0. The van der Waals surface area contributed by atoms with Gasteiger partial charge in [0.2, 0.25) is 0 Å². The number of allylic oxidation sites excluding steroid dienone is 1. The van der Waals surface area contributed by atoms with Crippen LogP contribution in [0.1, 0.15) is 22.8 Å². The molecule has 0 radical (unpaired) electrons.